The number of methoxy groups -OCH3 is 1. The molecule has 2 amide bonds. The van der Waals surface area contributed by atoms with Gasteiger partial charge in [-0.2, -0.15) is 0 Å². The van der Waals surface area contributed by atoms with E-state index in [0.717, 1.165) is 17.1 Å². The van der Waals surface area contributed by atoms with Gasteiger partial charge in [-0.15, -0.1) is 0 Å². The van der Waals surface area contributed by atoms with Crippen LogP contribution in [0.2, 0.25) is 0 Å². The number of urea groups is 1. The molecule has 174 valence electrons. The van der Waals surface area contributed by atoms with E-state index in [1.54, 1.807) is 24.1 Å². The van der Waals surface area contributed by atoms with Gasteiger partial charge in [-0.25, -0.2) is 14.2 Å². The lowest BCUT2D eigenvalue weighted by atomic mass is 10.1. The molecule has 7 nitrogen and oxygen atoms in total. The highest BCUT2D eigenvalue weighted by Gasteiger charge is 2.31. The summed E-state index contributed by atoms with van der Waals surface area (Å²) in [5.74, 6) is 2.44. The Morgan fingerprint density at radius 2 is 1.94 bits per heavy atom. The maximum Gasteiger partial charge on any atom is 0.322 e. The molecule has 1 N–H and O–H groups in total. The summed E-state index contributed by atoms with van der Waals surface area (Å²) in [4.78, 5) is 21.8. The normalized spacial score (nSPS) is 17.0. The molecule has 1 unspecified atom stereocenters. The Kier molecular flexibility index (Phi) is 5.79. The van der Waals surface area contributed by atoms with Crippen molar-refractivity contribution in [2.75, 3.05) is 32.1 Å². The number of nitrogens with one attached hydrogen (secondary N) is 1. The quantitative estimate of drug-likeness (QED) is 0.567. The molecular formula is C26H25FN4O3. The molecular weight excluding hydrogens is 435 g/mol. The maximum absolute atomic E-state index is 13.5. The van der Waals surface area contributed by atoms with Gasteiger partial charge in [0.2, 0.25) is 0 Å². The van der Waals surface area contributed by atoms with Gasteiger partial charge in [-0.1, -0.05) is 18.2 Å². The number of hydrogen-bond donors (Lipinski definition) is 1. The number of aliphatic imine (C=N–C) groups is 1. The Labute approximate surface area is 197 Å². The number of benzene rings is 3. The van der Waals surface area contributed by atoms with Crippen molar-refractivity contribution in [3.63, 3.8) is 0 Å². The van der Waals surface area contributed by atoms with Crippen LogP contribution < -0.4 is 14.8 Å². The van der Waals surface area contributed by atoms with Crippen molar-refractivity contribution in [3.8, 4) is 17.2 Å². The van der Waals surface area contributed by atoms with Crippen LogP contribution in [0.15, 0.2) is 71.7 Å². The molecule has 0 aliphatic carbocycles. The number of anilines is 1. The van der Waals surface area contributed by atoms with Gasteiger partial charge in [0.15, 0.2) is 5.75 Å². The fourth-order valence-electron chi connectivity index (χ4n) is 4.28. The van der Waals surface area contributed by atoms with E-state index in [9.17, 15) is 9.18 Å². The molecule has 2 heterocycles. The number of fused-ring (bicyclic) bond motifs is 2. The summed E-state index contributed by atoms with van der Waals surface area (Å²) < 4.78 is 25.1. The number of halogens is 1. The average Bonchev–Trinajstić information content (AvgIpc) is 3.00. The summed E-state index contributed by atoms with van der Waals surface area (Å²) in [5.41, 5.74) is 2.04. The largest absolute Gasteiger partial charge is 0.497 e. The van der Waals surface area contributed by atoms with Crippen molar-refractivity contribution in [1.29, 1.82) is 0 Å². The van der Waals surface area contributed by atoms with Gasteiger partial charge in [0.05, 0.1) is 12.7 Å². The van der Waals surface area contributed by atoms with E-state index in [2.05, 4.69) is 10.2 Å². The van der Waals surface area contributed by atoms with E-state index in [0.29, 0.717) is 42.6 Å². The minimum Gasteiger partial charge on any atom is -0.497 e. The lowest BCUT2D eigenvalue weighted by Crippen LogP contribution is -2.56. The highest BCUT2D eigenvalue weighted by Crippen LogP contribution is 2.39. The number of amidine groups is 1. The Morgan fingerprint density at radius 1 is 1.09 bits per heavy atom. The summed E-state index contributed by atoms with van der Waals surface area (Å²) in [6, 6.07) is 18.9. The lowest BCUT2D eigenvalue weighted by molar-refractivity contribution is 0.145. The lowest BCUT2D eigenvalue weighted by Gasteiger charge is -2.41. The highest BCUT2D eigenvalue weighted by atomic mass is 19.1. The van der Waals surface area contributed by atoms with Gasteiger partial charge in [-0.05, 0) is 49.4 Å². The van der Waals surface area contributed by atoms with E-state index in [4.69, 9.17) is 14.5 Å². The third-order valence-electron chi connectivity index (χ3n) is 6.00. The number of rotatable bonds is 2. The minimum absolute atomic E-state index is 0.0916. The van der Waals surface area contributed by atoms with Crippen LogP contribution in [-0.2, 0) is 0 Å². The topological polar surface area (TPSA) is 66.4 Å². The minimum atomic E-state index is -0.389. The van der Waals surface area contributed by atoms with Crippen molar-refractivity contribution in [2.45, 2.75) is 13.0 Å². The molecule has 1 saturated heterocycles. The van der Waals surface area contributed by atoms with E-state index in [1.165, 1.54) is 12.1 Å². The molecule has 0 spiro atoms. The zero-order chi connectivity index (χ0) is 23.7. The third-order valence-corrected chi connectivity index (χ3v) is 6.00. The molecule has 0 bridgehead atoms. The fraction of sp³-hybridized carbons (Fsp3) is 0.231. The van der Waals surface area contributed by atoms with Crippen molar-refractivity contribution in [1.82, 2.24) is 9.80 Å². The highest BCUT2D eigenvalue weighted by molar-refractivity contribution is 6.04. The second-order valence-electron chi connectivity index (χ2n) is 8.30. The van der Waals surface area contributed by atoms with E-state index in [1.807, 2.05) is 49.4 Å². The zero-order valence-corrected chi connectivity index (χ0v) is 19.0. The molecule has 2 aliphatic heterocycles. The average molecular weight is 461 g/mol. The van der Waals surface area contributed by atoms with Crippen molar-refractivity contribution in [2.24, 2.45) is 4.99 Å². The Morgan fingerprint density at radius 3 is 2.74 bits per heavy atom. The van der Waals surface area contributed by atoms with Crippen LogP contribution in [0.5, 0.6) is 17.2 Å². The van der Waals surface area contributed by atoms with Crippen LogP contribution in [0.4, 0.5) is 20.6 Å². The van der Waals surface area contributed by atoms with E-state index < -0.39 is 0 Å². The second kappa shape index (κ2) is 9.05. The third kappa shape index (κ3) is 4.26. The Balaban J connectivity index is 1.40. The molecule has 1 fully saturated rings. The van der Waals surface area contributed by atoms with Gasteiger partial charge in [-0.3, -0.25) is 0 Å². The van der Waals surface area contributed by atoms with Gasteiger partial charge >= 0.3 is 6.03 Å². The smallest absolute Gasteiger partial charge is 0.322 e. The van der Waals surface area contributed by atoms with Crippen LogP contribution in [-0.4, -0.2) is 54.5 Å². The molecule has 0 aromatic heterocycles. The van der Waals surface area contributed by atoms with Crippen LogP contribution in [0.25, 0.3) is 0 Å². The maximum atomic E-state index is 13.5. The SMILES string of the molecule is COc1ccc2c(c1)Oc1ccccc1N=C2N1CCN(C(=O)Nc2cccc(F)c2)C(C)C1. The number of carbonyl (C=O) groups is 1. The number of nitrogens with zero attached hydrogens (tertiary/aromatic N) is 3. The summed E-state index contributed by atoms with van der Waals surface area (Å²) in [6.07, 6.45) is 0. The number of para-hydroxylation sites is 2. The number of hydrogen-bond acceptors (Lipinski definition) is 5. The van der Waals surface area contributed by atoms with Crippen LogP contribution >= 0.6 is 0 Å². The Bertz CT molecular complexity index is 1260. The van der Waals surface area contributed by atoms with Crippen LogP contribution in [0, 0.1) is 5.82 Å². The molecule has 8 heteroatoms. The first-order valence-electron chi connectivity index (χ1n) is 11.1. The van der Waals surface area contributed by atoms with Crippen LogP contribution in [0.3, 0.4) is 0 Å². The van der Waals surface area contributed by atoms with Crippen LogP contribution in [0.1, 0.15) is 12.5 Å². The van der Waals surface area contributed by atoms with E-state index >= 15 is 0 Å². The predicted octanol–water partition coefficient (Wildman–Crippen LogP) is 5.26. The Hall–Kier alpha value is -4.07. The number of piperazine rings is 1. The number of amides is 2. The molecule has 0 saturated carbocycles. The first kappa shape index (κ1) is 21.8. The van der Waals surface area contributed by atoms with E-state index in [-0.39, 0.29) is 17.9 Å². The standard InChI is InChI=1S/C26H25FN4O3/c1-17-16-30(12-13-31(17)26(32)28-19-7-5-6-18(27)14-19)25-21-11-10-20(33-2)15-24(21)34-23-9-4-3-8-22(23)29-25/h3-11,14-15,17H,12-13,16H2,1-2H3,(H,28,32). The van der Waals surface area contributed by atoms with Gasteiger partial charge in [0.1, 0.15) is 28.8 Å². The van der Waals surface area contributed by atoms with Crippen molar-refractivity contribution >= 4 is 23.2 Å². The molecule has 5 rings (SSSR count). The molecule has 3 aromatic rings. The fourth-order valence-corrected chi connectivity index (χ4v) is 4.28. The first-order chi connectivity index (χ1) is 16.5. The number of carbonyl (C=O) groups excluding carboxylic acids is 1. The number of ether oxygens (including phenoxy) is 2. The first-order valence-corrected chi connectivity index (χ1v) is 11.1. The van der Waals surface area contributed by atoms with Crippen molar-refractivity contribution < 1.29 is 18.7 Å². The van der Waals surface area contributed by atoms with Gasteiger partial charge in [0, 0.05) is 37.4 Å². The molecule has 1 atom stereocenters. The monoisotopic (exact) mass is 460 g/mol. The second-order valence-corrected chi connectivity index (χ2v) is 8.30. The summed E-state index contributed by atoms with van der Waals surface area (Å²) in [7, 11) is 1.62. The summed E-state index contributed by atoms with van der Waals surface area (Å²) in [6.45, 7) is 3.67. The van der Waals surface area contributed by atoms with Gasteiger partial charge in [0.25, 0.3) is 0 Å². The molecule has 34 heavy (non-hydrogen) atoms. The molecule has 0 radical (unpaired) electrons. The molecule has 2 aliphatic rings. The van der Waals surface area contributed by atoms with Gasteiger partial charge < -0.3 is 24.6 Å². The summed E-state index contributed by atoms with van der Waals surface area (Å²) >= 11 is 0. The summed E-state index contributed by atoms with van der Waals surface area (Å²) in [5, 5.41) is 2.79. The molecule has 3 aromatic carbocycles. The van der Waals surface area contributed by atoms with Crippen molar-refractivity contribution in [3.05, 3.63) is 78.1 Å². The predicted molar refractivity (Wildman–Crippen MR) is 129 cm³/mol. The zero-order valence-electron chi connectivity index (χ0n) is 19.0.